The molecule has 1 heterocycles. The van der Waals surface area contributed by atoms with Gasteiger partial charge in [-0.15, -0.1) is 13.2 Å². The van der Waals surface area contributed by atoms with Gasteiger partial charge in [-0.2, -0.15) is 13.1 Å². The molecule has 1 saturated heterocycles. The molecule has 0 spiro atoms. The van der Waals surface area contributed by atoms with Crippen LogP contribution in [0.1, 0.15) is 19.8 Å². The van der Waals surface area contributed by atoms with E-state index in [-0.39, 0.29) is 12.2 Å². The number of amides is 2. The third-order valence-electron chi connectivity index (χ3n) is 3.61. The molecular weight excluding hydrogens is 387 g/mol. The smallest absolute Gasteiger partial charge is 0.406 e. The van der Waals surface area contributed by atoms with Crippen molar-refractivity contribution in [3.8, 4) is 16.9 Å². The van der Waals surface area contributed by atoms with Crippen LogP contribution in [-0.4, -0.2) is 44.8 Å². The van der Waals surface area contributed by atoms with E-state index in [1.165, 1.54) is 24.0 Å². The van der Waals surface area contributed by atoms with E-state index in [1.54, 1.807) is 0 Å². The second kappa shape index (κ2) is 8.49. The van der Waals surface area contributed by atoms with Crippen molar-refractivity contribution in [1.82, 2.24) is 9.62 Å². The van der Waals surface area contributed by atoms with Crippen LogP contribution in [0.25, 0.3) is 0 Å². The molecule has 1 atom stereocenters. The Morgan fingerprint density at radius 2 is 1.96 bits per heavy atom. The summed E-state index contributed by atoms with van der Waals surface area (Å²) in [5, 5.41) is 4.63. The van der Waals surface area contributed by atoms with Gasteiger partial charge >= 0.3 is 12.4 Å². The Morgan fingerprint density at radius 3 is 2.56 bits per heavy atom. The second-order valence-electron chi connectivity index (χ2n) is 5.76. The van der Waals surface area contributed by atoms with Gasteiger partial charge in [0.05, 0.1) is 0 Å². The van der Waals surface area contributed by atoms with Crippen LogP contribution in [0.15, 0.2) is 24.3 Å². The molecule has 2 N–H and O–H groups in total. The SMILES string of the molecule is CC#CS(=O)(=O)NC1CCCN(C(=O)Nc2ccc(OC(F)(F)F)cc2)C1. The minimum atomic E-state index is -4.79. The minimum absolute atomic E-state index is 0.158. The van der Waals surface area contributed by atoms with Gasteiger partial charge in [-0.1, -0.05) is 5.92 Å². The second-order valence-corrected chi connectivity index (χ2v) is 7.21. The van der Waals surface area contributed by atoms with Crippen LogP contribution < -0.4 is 14.8 Å². The largest absolute Gasteiger partial charge is 0.573 e. The lowest BCUT2D eigenvalue weighted by atomic mass is 10.1. The van der Waals surface area contributed by atoms with Crippen LogP contribution in [0.3, 0.4) is 0 Å². The molecule has 1 aliphatic rings. The van der Waals surface area contributed by atoms with Gasteiger partial charge < -0.3 is 15.0 Å². The molecule has 1 unspecified atom stereocenters. The monoisotopic (exact) mass is 405 g/mol. The highest BCUT2D eigenvalue weighted by atomic mass is 32.2. The normalized spacial score (nSPS) is 17.6. The molecule has 0 radical (unpaired) electrons. The fourth-order valence-electron chi connectivity index (χ4n) is 2.58. The van der Waals surface area contributed by atoms with Gasteiger partial charge in [0.1, 0.15) is 5.75 Å². The van der Waals surface area contributed by atoms with Crippen LogP contribution in [0.5, 0.6) is 5.75 Å². The Balaban J connectivity index is 1.94. The zero-order valence-electron chi connectivity index (χ0n) is 14.3. The minimum Gasteiger partial charge on any atom is -0.406 e. The van der Waals surface area contributed by atoms with Gasteiger partial charge in [0.15, 0.2) is 0 Å². The van der Waals surface area contributed by atoms with Crippen molar-refractivity contribution >= 4 is 21.7 Å². The summed E-state index contributed by atoms with van der Waals surface area (Å²) < 4.78 is 66.0. The first-order chi connectivity index (χ1) is 12.6. The van der Waals surface area contributed by atoms with E-state index >= 15 is 0 Å². The highest BCUT2D eigenvalue weighted by Gasteiger charge is 2.31. The van der Waals surface area contributed by atoms with Crippen molar-refractivity contribution in [2.75, 3.05) is 18.4 Å². The Kier molecular flexibility index (Phi) is 6.56. The number of sulfonamides is 1. The Hall–Kier alpha value is -2.45. The highest BCUT2D eigenvalue weighted by Crippen LogP contribution is 2.24. The quantitative estimate of drug-likeness (QED) is 0.754. The number of ether oxygens (including phenoxy) is 1. The number of halogens is 3. The number of hydrogen-bond acceptors (Lipinski definition) is 4. The molecule has 1 aliphatic heterocycles. The molecule has 27 heavy (non-hydrogen) atoms. The molecule has 1 fully saturated rings. The number of nitrogens with one attached hydrogen (secondary N) is 2. The Bertz CT molecular complexity index is 829. The first kappa shape index (κ1) is 20.9. The van der Waals surface area contributed by atoms with Gasteiger partial charge in [-0.3, -0.25) is 0 Å². The molecule has 2 amide bonds. The third kappa shape index (κ3) is 6.99. The zero-order chi connectivity index (χ0) is 20.1. The first-order valence-corrected chi connectivity index (χ1v) is 9.44. The topological polar surface area (TPSA) is 87.7 Å². The summed E-state index contributed by atoms with van der Waals surface area (Å²) in [6, 6.07) is 3.78. The fourth-order valence-corrected chi connectivity index (χ4v) is 3.54. The summed E-state index contributed by atoms with van der Waals surface area (Å²) in [6.45, 7) is 2.00. The average molecular weight is 405 g/mol. The standard InChI is InChI=1S/C16H18F3N3O4S/c1-2-10-27(24,25)21-13-4-3-9-22(11-13)15(23)20-12-5-7-14(8-6-12)26-16(17,18)19/h5-8,13,21H,3-4,9,11H2,1H3,(H,20,23). The van der Waals surface area contributed by atoms with Crippen LogP contribution >= 0.6 is 0 Å². The molecule has 0 bridgehead atoms. The number of hydrogen-bond donors (Lipinski definition) is 2. The summed E-state index contributed by atoms with van der Waals surface area (Å²) >= 11 is 0. The maximum Gasteiger partial charge on any atom is 0.573 e. The number of carbonyl (C=O) groups excluding carboxylic acids is 1. The number of nitrogens with zero attached hydrogens (tertiary/aromatic N) is 1. The molecule has 11 heteroatoms. The van der Waals surface area contributed by atoms with Crippen molar-refractivity contribution in [3.05, 3.63) is 24.3 Å². The highest BCUT2D eigenvalue weighted by molar-refractivity contribution is 7.94. The van der Waals surface area contributed by atoms with Crippen LogP contribution in [0, 0.1) is 11.2 Å². The van der Waals surface area contributed by atoms with E-state index in [2.05, 4.69) is 25.9 Å². The zero-order valence-corrected chi connectivity index (χ0v) is 15.2. The van der Waals surface area contributed by atoms with Crippen molar-refractivity contribution in [3.63, 3.8) is 0 Å². The molecule has 148 valence electrons. The van der Waals surface area contributed by atoms with Gasteiger partial charge in [-0.05, 0) is 44.0 Å². The van der Waals surface area contributed by atoms with Gasteiger partial charge in [0.25, 0.3) is 10.0 Å². The van der Waals surface area contributed by atoms with E-state index in [4.69, 9.17) is 0 Å². The number of rotatable bonds is 4. The van der Waals surface area contributed by atoms with Crippen molar-refractivity contribution < 1.29 is 31.1 Å². The summed E-state index contributed by atoms with van der Waals surface area (Å²) in [5.74, 6) is 1.91. The molecule has 0 aromatic heterocycles. The number of carbonyl (C=O) groups is 1. The maximum atomic E-state index is 12.3. The van der Waals surface area contributed by atoms with E-state index in [1.807, 2.05) is 0 Å². The van der Waals surface area contributed by atoms with Gasteiger partial charge in [-0.25, -0.2) is 4.79 Å². The predicted molar refractivity (Wildman–Crippen MR) is 92.2 cm³/mol. The number of likely N-dealkylation sites (tertiary alicyclic amines) is 1. The van der Waals surface area contributed by atoms with Crippen molar-refractivity contribution in [2.45, 2.75) is 32.2 Å². The first-order valence-electron chi connectivity index (χ1n) is 7.95. The molecule has 1 aromatic carbocycles. The van der Waals surface area contributed by atoms with E-state index in [0.717, 1.165) is 12.1 Å². The lowest BCUT2D eigenvalue weighted by molar-refractivity contribution is -0.274. The van der Waals surface area contributed by atoms with Crippen LogP contribution in [0.2, 0.25) is 0 Å². The summed E-state index contributed by atoms with van der Waals surface area (Å²) in [4.78, 5) is 13.7. The lowest BCUT2D eigenvalue weighted by Crippen LogP contribution is -2.50. The summed E-state index contributed by atoms with van der Waals surface area (Å²) in [7, 11) is -3.73. The van der Waals surface area contributed by atoms with Crippen LogP contribution in [0.4, 0.5) is 23.7 Å². The number of anilines is 1. The van der Waals surface area contributed by atoms with Crippen LogP contribution in [-0.2, 0) is 10.0 Å². The molecule has 7 nitrogen and oxygen atoms in total. The van der Waals surface area contributed by atoms with Crippen molar-refractivity contribution in [2.24, 2.45) is 0 Å². The Labute approximate surface area is 154 Å². The number of piperidine rings is 1. The van der Waals surface area contributed by atoms with E-state index in [9.17, 15) is 26.4 Å². The molecule has 1 aromatic rings. The van der Waals surface area contributed by atoms with E-state index < -0.39 is 34.2 Å². The van der Waals surface area contributed by atoms with Crippen molar-refractivity contribution in [1.29, 1.82) is 0 Å². The maximum absolute atomic E-state index is 12.3. The fraction of sp³-hybridized carbons (Fsp3) is 0.438. The number of alkyl halides is 3. The summed E-state index contributed by atoms with van der Waals surface area (Å²) in [6.07, 6.45) is -3.63. The van der Waals surface area contributed by atoms with Gasteiger partial charge in [0, 0.05) is 30.1 Å². The molecular formula is C16H18F3N3O4S. The molecule has 0 aliphatic carbocycles. The van der Waals surface area contributed by atoms with E-state index in [0.29, 0.717) is 19.4 Å². The Morgan fingerprint density at radius 1 is 1.30 bits per heavy atom. The summed E-state index contributed by atoms with van der Waals surface area (Å²) in [5.41, 5.74) is 0.286. The van der Waals surface area contributed by atoms with Gasteiger partial charge in [0.2, 0.25) is 0 Å². The molecule has 0 saturated carbocycles. The number of urea groups is 1. The average Bonchev–Trinajstić information content (AvgIpc) is 2.55. The predicted octanol–water partition coefficient (Wildman–Crippen LogP) is 2.48. The third-order valence-corrected chi connectivity index (χ3v) is 4.72. The number of benzene rings is 1. The molecule has 2 rings (SSSR count). The lowest BCUT2D eigenvalue weighted by Gasteiger charge is -2.32.